The summed E-state index contributed by atoms with van der Waals surface area (Å²) in [6, 6.07) is 0.600. The Labute approximate surface area is 93.2 Å². The first-order valence-electron chi connectivity index (χ1n) is 6.29. The van der Waals surface area contributed by atoms with Gasteiger partial charge in [-0.25, -0.2) is 0 Å². The predicted molar refractivity (Wildman–Crippen MR) is 62.9 cm³/mol. The number of piperidine rings is 1. The summed E-state index contributed by atoms with van der Waals surface area (Å²) in [4.78, 5) is 2.42. The molecule has 0 aromatic rings. The van der Waals surface area contributed by atoms with E-state index < -0.39 is 0 Å². The molecule has 2 atom stereocenters. The standard InChI is InChI=1S/C12H25FN2/c1-3-14-11(2)12-6-4-8-15(10-12)9-5-7-13/h11-12,14H,3-10H2,1-2H3. The van der Waals surface area contributed by atoms with E-state index in [1.165, 1.54) is 12.8 Å². The summed E-state index contributed by atoms with van der Waals surface area (Å²) >= 11 is 0. The molecule has 2 nitrogen and oxygen atoms in total. The van der Waals surface area contributed by atoms with E-state index in [1.807, 2.05) is 0 Å². The van der Waals surface area contributed by atoms with Crippen molar-refractivity contribution in [3.63, 3.8) is 0 Å². The third kappa shape index (κ3) is 4.47. The van der Waals surface area contributed by atoms with Crippen molar-refractivity contribution in [2.24, 2.45) is 5.92 Å². The molecule has 3 heteroatoms. The van der Waals surface area contributed by atoms with Gasteiger partial charge < -0.3 is 10.2 Å². The van der Waals surface area contributed by atoms with Crippen LogP contribution in [0.3, 0.4) is 0 Å². The van der Waals surface area contributed by atoms with E-state index >= 15 is 0 Å². The maximum atomic E-state index is 12.1. The number of rotatable bonds is 6. The summed E-state index contributed by atoms with van der Waals surface area (Å²) in [6.45, 7) is 8.54. The Morgan fingerprint density at radius 1 is 1.53 bits per heavy atom. The van der Waals surface area contributed by atoms with Gasteiger partial charge in [0.15, 0.2) is 0 Å². The van der Waals surface area contributed by atoms with Crippen molar-refractivity contribution in [3.8, 4) is 0 Å². The van der Waals surface area contributed by atoms with Crippen LogP contribution in [0.1, 0.15) is 33.1 Å². The summed E-state index contributed by atoms with van der Waals surface area (Å²) in [7, 11) is 0. The van der Waals surface area contributed by atoms with Crippen LogP contribution in [0, 0.1) is 5.92 Å². The van der Waals surface area contributed by atoms with Gasteiger partial charge in [0, 0.05) is 19.1 Å². The molecule has 2 unspecified atom stereocenters. The fraction of sp³-hybridized carbons (Fsp3) is 1.00. The average Bonchev–Trinajstić information content (AvgIpc) is 2.27. The molecule has 1 fully saturated rings. The number of nitrogens with zero attached hydrogens (tertiary/aromatic N) is 1. The van der Waals surface area contributed by atoms with Gasteiger partial charge in [-0.05, 0) is 45.2 Å². The first kappa shape index (κ1) is 12.9. The third-order valence-electron chi connectivity index (χ3n) is 3.38. The van der Waals surface area contributed by atoms with Crippen molar-refractivity contribution < 1.29 is 4.39 Å². The van der Waals surface area contributed by atoms with Gasteiger partial charge in [-0.1, -0.05) is 6.92 Å². The van der Waals surface area contributed by atoms with Gasteiger partial charge in [-0.3, -0.25) is 4.39 Å². The summed E-state index contributed by atoms with van der Waals surface area (Å²) < 4.78 is 12.1. The normalized spacial score (nSPS) is 25.4. The highest BCUT2D eigenvalue weighted by Gasteiger charge is 2.23. The Balaban J connectivity index is 2.28. The SMILES string of the molecule is CCNC(C)C1CCCN(CCCF)C1. The minimum absolute atomic E-state index is 0.177. The molecule has 0 radical (unpaired) electrons. The van der Waals surface area contributed by atoms with Gasteiger partial charge >= 0.3 is 0 Å². The van der Waals surface area contributed by atoms with E-state index in [2.05, 4.69) is 24.1 Å². The molecule has 90 valence electrons. The minimum Gasteiger partial charge on any atom is -0.314 e. The maximum Gasteiger partial charge on any atom is 0.0906 e. The quantitative estimate of drug-likeness (QED) is 0.731. The lowest BCUT2D eigenvalue weighted by Crippen LogP contribution is -2.44. The molecule has 0 aromatic carbocycles. The number of alkyl halides is 1. The summed E-state index contributed by atoms with van der Waals surface area (Å²) in [5, 5.41) is 3.49. The molecule has 0 amide bonds. The summed E-state index contributed by atoms with van der Waals surface area (Å²) in [5.74, 6) is 0.748. The van der Waals surface area contributed by atoms with Crippen LogP contribution in [0.15, 0.2) is 0 Å². The van der Waals surface area contributed by atoms with E-state index in [-0.39, 0.29) is 6.67 Å². The topological polar surface area (TPSA) is 15.3 Å². The van der Waals surface area contributed by atoms with E-state index in [0.717, 1.165) is 32.1 Å². The molecule has 1 rings (SSSR count). The second kappa shape index (κ2) is 7.18. The zero-order valence-corrected chi connectivity index (χ0v) is 10.1. The number of halogens is 1. The fourth-order valence-electron chi connectivity index (χ4n) is 2.47. The molecule has 1 N–H and O–H groups in total. The van der Waals surface area contributed by atoms with Crippen LogP contribution >= 0.6 is 0 Å². The molecule has 1 saturated heterocycles. The first-order chi connectivity index (χ1) is 7.27. The van der Waals surface area contributed by atoms with Gasteiger partial charge in [0.1, 0.15) is 0 Å². The predicted octanol–water partition coefficient (Wildman–Crippen LogP) is 2.06. The van der Waals surface area contributed by atoms with Crippen molar-refractivity contribution >= 4 is 0 Å². The van der Waals surface area contributed by atoms with Gasteiger partial charge in [0.2, 0.25) is 0 Å². The Morgan fingerprint density at radius 3 is 3.00 bits per heavy atom. The molecule has 1 aliphatic heterocycles. The second-order valence-electron chi connectivity index (χ2n) is 4.59. The maximum absolute atomic E-state index is 12.1. The van der Waals surface area contributed by atoms with Crippen molar-refractivity contribution in [3.05, 3.63) is 0 Å². The fourth-order valence-corrected chi connectivity index (χ4v) is 2.47. The lowest BCUT2D eigenvalue weighted by molar-refractivity contribution is 0.147. The molecule has 0 aliphatic carbocycles. The summed E-state index contributed by atoms with van der Waals surface area (Å²) in [6.07, 6.45) is 3.29. The smallest absolute Gasteiger partial charge is 0.0906 e. The van der Waals surface area contributed by atoms with Crippen LogP contribution in [0.2, 0.25) is 0 Å². The zero-order valence-electron chi connectivity index (χ0n) is 10.1. The van der Waals surface area contributed by atoms with Crippen molar-refractivity contribution in [2.45, 2.75) is 39.2 Å². The van der Waals surface area contributed by atoms with Gasteiger partial charge in [-0.2, -0.15) is 0 Å². The van der Waals surface area contributed by atoms with E-state index in [4.69, 9.17) is 0 Å². The van der Waals surface area contributed by atoms with Gasteiger partial charge in [-0.15, -0.1) is 0 Å². The van der Waals surface area contributed by atoms with Crippen molar-refractivity contribution in [1.29, 1.82) is 0 Å². The van der Waals surface area contributed by atoms with Crippen LogP contribution in [0.25, 0.3) is 0 Å². The monoisotopic (exact) mass is 216 g/mol. The van der Waals surface area contributed by atoms with E-state index in [0.29, 0.717) is 12.5 Å². The van der Waals surface area contributed by atoms with E-state index in [9.17, 15) is 4.39 Å². The van der Waals surface area contributed by atoms with Crippen molar-refractivity contribution in [1.82, 2.24) is 10.2 Å². The molecule has 15 heavy (non-hydrogen) atoms. The minimum atomic E-state index is -0.177. The van der Waals surface area contributed by atoms with Crippen LogP contribution in [0.4, 0.5) is 4.39 Å². The van der Waals surface area contributed by atoms with Crippen LogP contribution in [0.5, 0.6) is 0 Å². The molecular formula is C12H25FN2. The Hall–Kier alpha value is -0.150. The highest BCUT2D eigenvalue weighted by molar-refractivity contribution is 4.79. The first-order valence-corrected chi connectivity index (χ1v) is 6.29. The third-order valence-corrected chi connectivity index (χ3v) is 3.38. The Morgan fingerprint density at radius 2 is 2.33 bits per heavy atom. The van der Waals surface area contributed by atoms with Crippen LogP contribution in [-0.4, -0.2) is 43.8 Å². The Bertz CT molecular complexity index is 164. The van der Waals surface area contributed by atoms with E-state index in [1.54, 1.807) is 0 Å². The largest absolute Gasteiger partial charge is 0.314 e. The van der Waals surface area contributed by atoms with Gasteiger partial charge in [0.05, 0.1) is 6.67 Å². The van der Waals surface area contributed by atoms with Crippen LogP contribution in [-0.2, 0) is 0 Å². The zero-order chi connectivity index (χ0) is 11.1. The lowest BCUT2D eigenvalue weighted by Gasteiger charge is -2.35. The van der Waals surface area contributed by atoms with Crippen LogP contribution < -0.4 is 5.32 Å². The molecule has 0 bridgehead atoms. The molecule has 1 aliphatic rings. The molecule has 0 aromatic heterocycles. The Kier molecular flexibility index (Phi) is 6.18. The van der Waals surface area contributed by atoms with Gasteiger partial charge in [0.25, 0.3) is 0 Å². The lowest BCUT2D eigenvalue weighted by atomic mass is 9.91. The molecule has 0 saturated carbocycles. The number of nitrogens with one attached hydrogen (secondary N) is 1. The van der Waals surface area contributed by atoms with Crippen molar-refractivity contribution in [2.75, 3.05) is 32.9 Å². The molecular weight excluding hydrogens is 191 g/mol. The molecule has 1 heterocycles. The number of likely N-dealkylation sites (tertiary alicyclic amines) is 1. The summed E-state index contributed by atoms with van der Waals surface area (Å²) in [5.41, 5.74) is 0. The highest BCUT2D eigenvalue weighted by Crippen LogP contribution is 2.19. The number of hydrogen-bond donors (Lipinski definition) is 1. The highest BCUT2D eigenvalue weighted by atomic mass is 19.1. The second-order valence-corrected chi connectivity index (χ2v) is 4.59. The molecule has 0 spiro atoms. The average molecular weight is 216 g/mol. The number of hydrogen-bond acceptors (Lipinski definition) is 2.